The van der Waals surface area contributed by atoms with E-state index < -0.39 is 17.4 Å². The number of para-hydroxylation sites is 1. The number of likely N-dealkylation sites (N-methyl/N-ethyl adjacent to an activating group) is 1. The van der Waals surface area contributed by atoms with Crippen molar-refractivity contribution in [2.75, 3.05) is 30.6 Å². The lowest BCUT2D eigenvalue weighted by Gasteiger charge is -2.53. The highest BCUT2D eigenvalue weighted by Gasteiger charge is 2.66. The van der Waals surface area contributed by atoms with Gasteiger partial charge in [-0.2, -0.15) is 0 Å². The Balaban J connectivity index is 1.89. The first-order valence-electron chi connectivity index (χ1n) is 9.17. The summed E-state index contributed by atoms with van der Waals surface area (Å²) in [6.45, 7) is 0.317. The zero-order chi connectivity index (χ0) is 19.6. The van der Waals surface area contributed by atoms with Gasteiger partial charge in [0.05, 0.1) is 30.7 Å². The van der Waals surface area contributed by atoms with Gasteiger partial charge in [0.25, 0.3) is 0 Å². The topological polar surface area (TPSA) is 59.1 Å². The number of ether oxygens (including phenoxy) is 2. The number of rotatable bonds is 0. The van der Waals surface area contributed by atoms with E-state index in [1.807, 2.05) is 49.5 Å². The molecule has 2 aromatic rings. The Morgan fingerprint density at radius 1 is 1.21 bits per heavy atom. The number of benzene rings is 2. The average molecular weight is 443 g/mol. The highest BCUT2D eigenvalue weighted by Crippen LogP contribution is 2.62. The van der Waals surface area contributed by atoms with Crippen LogP contribution in [0.1, 0.15) is 23.5 Å². The summed E-state index contributed by atoms with van der Waals surface area (Å²) >= 11 is 3.71. The van der Waals surface area contributed by atoms with E-state index in [1.165, 1.54) is 7.11 Å². The fourth-order valence-corrected chi connectivity index (χ4v) is 6.09. The van der Waals surface area contributed by atoms with E-state index in [9.17, 15) is 9.59 Å². The normalized spacial score (nSPS) is 27.3. The van der Waals surface area contributed by atoms with Gasteiger partial charge in [0.2, 0.25) is 0 Å². The Labute approximate surface area is 171 Å². The van der Waals surface area contributed by atoms with Crippen molar-refractivity contribution in [3.05, 3.63) is 58.1 Å². The predicted molar refractivity (Wildman–Crippen MR) is 108 cm³/mol. The molecule has 0 aromatic heterocycles. The largest absolute Gasteiger partial charge is 0.465 e. The molecule has 6 nitrogen and oxygen atoms in total. The molecular formula is C21H19BrN2O4. The number of cyclic esters (lactones) is 1. The molecule has 0 unspecified atom stereocenters. The van der Waals surface area contributed by atoms with E-state index >= 15 is 0 Å². The van der Waals surface area contributed by atoms with E-state index in [1.54, 1.807) is 4.90 Å². The number of hydrogen-bond acceptors (Lipinski definition) is 5. The van der Waals surface area contributed by atoms with Gasteiger partial charge in [-0.25, -0.2) is 4.79 Å². The maximum absolute atomic E-state index is 13.1. The van der Waals surface area contributed by atoms with Gasteiger partial charge in [-0.15, -0.1) is 0 Å². The van der Waals surface area contributed by atoms with Crippen molar-refractivity contribution in [1.29, 1.82) is 0 Å². The second-order valence-corrected chi connectivity index (χ2v) is 8.26. The molecule has 3 heterocycles. The molecule has 1 fully saturated rings. The monoisotopic (exact) mass is 442 g/mol. The quantitative estimate of drug-likeness (QED) is 0.581. The Morgan fingerprint density at radius 3 is 2.75 bits per heavy atom. The minimum Gasteiger partial charge on any atom is -0.465 e. The van der Waals surface area contributed by atoms with E-state index in [4.69, 9.17) is 9.47 Å². The lowest BCUT2D eigenvalue weighted by Crippen LogP contribution is -2.65. The molecule has 0 bridgehead atoms. The second kappa shape index (κ2) is 5.98. The van der Waals surface area contributed by atoms with Gasteiger partial charge in [-0.05, 0) is 30.2 Å². The van der Waals surface area contributed by atoms with Gasteiger partial charge in [0.1, 0.15) is 6.17 Å². The fourth-order valence-electron chi connectivity index (χ4n) is 5.37. The summed E-state index contributed by atoms with van der Waals surface area (Å²) < 4.78 is 11.6. The minimum atomic E-state index is -0.623. The Kier molecular flexibility index (Phi) is 3.75. The Bertz CT molecular complexity index is 1010. The van der Waals surface area contributed by atoms with Crippen molar-refractivity contribution >= 4 is 39.4 Å². The number of esters is 1. The van der Waals surface area contributed by atoms with Crippen LogP contribution in [0, 0.1) is 0 Å². The van der Waals surface area contributed by atoms with Crippen LogP contribution >= 0.6 is 15.9 Å². The van der Waals surface area contributed by atoms with Crippen LogP contribution in [-0.2, 0) is 19.7 Å². The molecule has 3 atom stereocenters. The summed E-state index contributed by atoms with van der Waals surface area (Å²) in [6.07, 6.45) is -0.207. The zero-order valence-corrected chi connectivity index (χ0v) is 17.1. The van der Waals surface area contributed by atoms with Crippen molar-refractivity contribution in [3.8, 4) is 0 Å². The number of hydrogen-bond donors (Lipinski definition) is 0. The third-order valence-corrected chi connectivity index (χ3v) is 6.96. The third kappa shape index (κ3) is 1.97. The van der Waals surface area contributed by atoms with E-state index in [0.29, 0.717) is 18.7 Å². The number of methoxy groups -OCH3 is 1. The van der Waals surface area contributed by atoms with Crippen LogP contribution in [0.5, 0.6) is 0 Å². The summed E-state index contributed by atoms with van der Waals surface area (Å²) in [5.74, 6) is -0.740. The highest BCUT2D eigenvalue weighted by atomic mass is 79.9. The molecule has 0 saturated carbocycles. The van der Waals surface area contributed by atoms with Crippen molar-refractivity contribution < 1.29 is 19.1 Å². The predicted octanol–water partition coefficient (Wildman–Crippen LogP) is 3.78. The van der Waals surface area contributed by atoms with Crippen molar-refractivity contribution in [1.82, 2.24) is 0 Å². The molecule has 7 heteroatoms. The first-order chi connectivity index (χ1) is 13.5. The van der Waals surface area contributed by atoms with Crippen LogP contribution in [-0.4, -0.2) is 39.0 Å². The van der Waals surface area contributed by atoms with E-state index in [-0.39, 0.29) is 12.1 Å². The van der Waals surface area contributed by atoms with Crippen LogP contribution in [0.2, 0.25) is 0 Å². The van der Waals surface area contributed by atoms with E-state index in [0.717, 1.165) is 21.3 Å². The van der Waals surface area contributed by atoms with Gasteiger partial charge in [0.15, 0.2) is 0 Å². The van der Waals surface area contributed by atoms with Gasteiger partial charge in [-0.1, -0.05) is 40.2 Å². The molecule has 1 spiro atoms. The lowest BCUT2D eigenvalue weighted by molar-refractivity contribution is -0.154. The summed E-state index contributed by atoms with van der Waals surface area (Å²) in [7, 11) is 3.35. The molecular weight excluding hydrogens is 424 g/mol. The van der Waals surface area contributed by atoms with Gasteiger partial charge >= 0.3 is 12.1 Å². The van der Waals surface area contributed by atoms with Crippen LogP contribution < -0.4 is 9.80 Å². The first-order valence-corrected chi connectivity index (χ1v) is 9.96. The molecule has 3 aliphatic heterocycles. The number of carbonyl (C=O) groups excluding carboxylic acids is 2. The van der Waals surface area contributed by atoms with Gasteiger partial charge in [-0.3, -0.25) is 9.69 Å². The standard InChI is InChI=1S/C21H19BrN2O4/c1-23-15-9-5-7-13(22)17(15)21-10-11-28-18(25)16(21)12-6-3-4-8-14(12)24(19(21)23)20(26)27-2/h3-9,16,19H,10-11H2,1-2H3/t16-,19-,21-/m0/s1. The molecule has 144 valence electrons. The molecule has 1 amide bonds. The number of halogens is 1. The molecule has 5 rings (SSSR count). The van der Waals surface area contributed by atoms with Crippen LogP contribution in [0.4, 0.5) is 16.2 Å². The average Bonchev–Trinajstić information content (AvgIpc) is 2.95. The van der Waals surface area contributed by atoms with Crippen LogP contribution in [0.3, 0.4) is 0 Å². The molecule has 28 heavy (non-hydrogen) atoms. The second-order valence-electron chi connectivity index (χ2n) is 7.41. The molecule has 0 N–H and O–H groups in total. The van der Waals surface area contributed by atoms with E-state index in [2.05, 4.69) is 20.8 Å². The Hall–Kier alpha value is -2.54. The minimum absolute atomic E-state index is 0.245. The number of fused-ring (bicyclic) bond motifs is 3. The summed E-state index contributed by atoms with van der Waals surface area (Å²) in [4.78, 5) is 29.8. The van der Waals surface area contributed by atoms with Crippen molar-refractivity contribution in [3.63, 3.8) is 0 Å². The zero-order valence-electron chi connectivity index (χ0n) is 15.5. The SMILES string of the molecule is COC(=O)N1c2ccccc2[C@H]2C(=O)OCC[C@@]23c2c(Br)cccc2N(C)[C@@H]13. The molecule has 0 aliphatic carbocycles. The van der Waals surface area contributed by atoms with Crippen molar-refractivity contribution in [2.45, 2.75) is 23.9 Å². The number of carbonyl (C=O) groups is 2. The molecule has 1 saturated heterocycles. The van der Waals surface area contributed by atoms with Gasteiger partial charge in [0, 0.05) is 22.8 Å². The number of nitrogens with zero attached hydrogens (tertiary/aromatic N) is 2. The summed E-state index contributed by atoms with van der Waals surface area (Å²) in [6, 6.07) is 13.5. The van der Waals surface area contributed by atoms with Gasteiger partial charge < -0.3 is 14.4 Å². The summed E-state index contributed by atoms with van der Waals surface area (Å²) in [5, 5.41) is 0. The molecule has 3 aliphatic rings. The smallest absolute Gasteiger partial charge is 0.415 e. The first kappa shape index (κ1) is 17.6. The third-order valence-electron chi connectivity index (χ3n) is 6.30. The summed E-state index contributed by atoms with van der Waals surface area (Å²) in [5.41, 5.74) is 2.91. The van der Waals surface area contributed by atoms with Crippen molar-refractivity contribution in [2.24, 2.45) is 0 Å². The Morgan fingerprint density at radius 2 is 1.96 bits per heavy atom. The maximum Gasteiger partial charge on any atom is 0.415 e. The number of anilines is 2. The van der Waals surface area contributed by atoms with Crippen LogP contribution in [0.15, 0.2) is 46.9 Å². The molecule has 2 aromatic carbocycles. The number of amides is 1. The molecule has 0 radical (unpaired) electrons. The fraction of sp³-hybridized carbons (Fsp3) is 0.333. The highest BCUT2D eigenvalue weighted by molar-refractivity contribution is 9.10. The lowest BCUT2D eigenvalue weighted by atomic mass is 9.61. The maximum atomic E-state index is 13.1. The van der Waals surface area contributed by atoms with Crippen LogP contribution in [0.25, 0.3) is 0 Å².